The Kier molecular flexibility index (Phi) is 5.51. The topological polar surface area (TPSA) is 49.7 Å². The van der Waals surface area contributed by atoms with Crippen molar-refractivity contribution in [3.63, 3.8) is 0 Å². The summed E-state index contributed by atoms with van der Waals surface area (Å²) < 4.78 is 5.57. The van der Waals surface area contributed by atoms with E-state index in [-0.39, 0.29) is 6.61 Å². The molecule has 2 aromatic rings. The zero-order chi connectivity index (χ0) is 15.1. The number of rotatable bonds is 7. The van der Waals surface area contributed by atoms with Gasteiger partial charge in [0, 0.05) is 13.7 Å². The van der Waals surface area contributed by atoms with Gasteiger partial charge in [0.15, 0.2) is 0 Å². The Balaban J connectivity index is 2.48. The first-order valence-electron chi connectivity index (χ1n) is 7.20. The summed E-state index contributed by atoms with van der Waals surface area (Å²) in [4.78, 5) is 0. The minimum atomic E-state index is -1.23. The van der Waals surface area contributed by atoms with Gasteiger partial charge in [-0.1, -0.05) is 60.7 Å². The van der Waals surface area contributed by atoms with E-state index in [4.69, 9.17) is 9.84 Å². The molecule has 21 heavy (non-hydrogen) atoms. The van der Waals surface area contributed by atoms with E-state index in [1.807, 2.05) is 60.7 Å². The van der Waals surface area contributed by atoms with Gasteiger partial charge >= 0.3 is 0 Å². The highest BCUT2D eigenvalue weighted by Crippen LogP contribution is 2.36. The van der Waals surface area contributed by atoms with Gasteiger partial charge in [0.2, 0.25) is 0 Å². The molecule has 0 spiro atoms. The number of ether oxygens (including phenoxy) is 1. The van der Waals surface area contributed by atoms with Crippen LogP contribution in [-0.2, 0) is 10.3 Å². The van der Waals surface area contributed by atoms with E-state index in [9.17, 15) is 5.11 Å². The molecule has 0 aliphatic rings. The smallest absolute Gasteiger partial charge is 0.141 e. The molecule has 0 radical (unpaired) electrons. The Bertz CT molecular complexity index is 485. The largest absolute Gasteiger partial charge is 0.396 e. The molecule has 1 unspecified atom stereocenters. The predicted molar refractivity (Wildman–Crippen MR) is 83.0 cm³/mol. The van der Waals surface area contributed by atoms with Crippen LogP contribution in [0.3, 0.4) is 0 Å². The first-order valence-corrected chi connectivity index (χ1v) is 7.20. The summed E-state index contributed by atoms with van der Waals surface area (Å²) in [5, 5.41) is 20.5. The monoisotopic (exact) mass is 286 g/mol. The Hall–Kier alpha value is -1.68. The van der Waals surface area contributed by atoms with Crippen molar-refractivity contribution < 1.29 is 14.9 Å². The first kappa shape index (κ1) is 15.7. The maximum atomic E-state index is 11.4. The SMILES string of the molecule is COC(CCCO)C(O)(c1ccccc1)c1ccccc1. The van der Waals surface area contributed by atoms with Gasteiger partial charge in [-0.05, 0) is 24.0 Å². The Morgan fingerprint density at radius 2 is 1.43 bits per heavy atom. The molecular weight excluding hydrogens is 264 g/mol. The Morgan fingerprint density at radius 1 is 0.952 bits per heavy atom. The number of aliphatic hydroxyl groups is 2. The zero-order valence-electron chi connectivity index (χ0n) is 12.3. The van der Waals surface area contributed by atoms with Crippen LogP contribution in [0, 0.1) is 0 Å². The van der Waals surface area contributed by atoms with E-state index >= 15 is 0 Å². The first-order chi connectivity index (χ1) is 10.2. The molecule has 0 heterocycles. The van der Waals surface area contributed by atoms with Gasteiger partial charge in [0.1, 0.15) is 5.60 Å². The Morgan fingerprint density at radius 3 is 1.81 bits per heavy atom. The van der Waals surface area contributed by atoms with Gasteiger partial charge in [-0.3, -0.25) is 0 Å². The van der Waals surface area contributed by atoms with Gasteiger partial charge in [-0.15, -0.1) is 0 Å². The van der Waals surface area contributed by atoms with E-state index in [0.29, 0.717) is 12.8 Å². The lowest BCUT2D eigenvalue weighted by molar-refractivity contribution is -0.0770. The fourth-order valence-electron chi connectivity index (χ4n) is 2.70. The fourth-order valence-corrected chi connectivity index (χ4v) is 2.70. The molecule has 2 rings (SSSR count). The Labute approximate surface area is 125 Å². The lowest BCUT2D eigenvalue weighted by Gasteiger charge is -2.36. The zero-order valence-corrected chi connectivity index (χ0v) is 12.3. The van der Waals surface area contributed by atoms with Crippen molar-refractivity contribution >= 4 is 0 Å². The second kappa shape index (κ2) is 7.36. The number of methoxy groups -OCH3 is 1. The second-order valence-corrected chi connectivity index (χ2v) is 5.09. The molecule has 2 aromatic carbocycles. The number of hydrogen-bond acceptors (Lipinski definition) is 3. The second-order valence-electron chi connectivity index (χ2n) is 5.09. The van der Waals surface area contributed by atoms with Crippen LogP contribution in [0.2, 0.25) is 0 Å². The molecular formula is C18H22O3. The minimum absolute atomic E-state index is 0.0829. The van der Waals surface area contributed by atoms with Crippen LogP contribution >= 0.6 is 0 Å². The minimum Gasteiger partial charge on any atom is -0.396 e. The van der Waals surface area contributed by atoms with Crippen molar-refractivity contribution in [1.82, 2.24) is 0 Å². The summed E-state index contributed by atoms with van der Waals surface area (Å²) in [6.45, 7) is 0.0829. The van der Waals surface area contributed by atoms with Crippen LogP contribution in [0.25, 0.3) is 0 Å². The quantitative estimate of drug-likeness (QED) is 0.823. The van der Waals surface area contributed by atoms with Crippen molar-refractivity contribution in [1.29, 1.82) is 0 Å². The van der Waals surface area contributed by atoms with Crippen LogP contribution in [0.4, 0.5) is 0 Å². The molecule has 1 atom stereocenters. The predicted octanol–water partition coefficient (Wildman–Crippen LogP) is 2.71. The molecule has 3 nitrogen and oxygen atoms in total. The van der Waals surface area contributed by atoms with E-state index < -0.39 is 11.7 Å². The average Bonchev–Trinajstić information content (AvgIpc) is 2.57. The summed E-state index contributed by atoms with van der Waals surface area (Å²) in [5.74, 6) is 0. The summed E-state index contributed by atoms with van der Waals surface area (Å²) in [7, 11) is 1.60. The highest BCUT2D eigenvalue weighted by molar-refractivity contribution is 5.37. The van der Waals surface area contributed by atoms with Crippen LogP contribution in [0.15, 0.2) is 60.7 Å². The van der Waals surface area contributed by atoms with Gasteiger partial charge < -0.3 is 14.9 Å². The van der Waals surface area contributed by atoms with Gasteiger partial charge in [0.25, 0.3) is 0 Å². The van der Waals surface area contributed by atoms with Crippen LogP contribution in [0.1, 0.15) is 24.0 Å². The van der Waals surface area contributed by atoms with Crippen molar-refractivity contribution in [3.8, 4) is 0 Å². The molecule has 0 saturated carbocycles. The molecule has 0 bridgehead atoms. The van der Waals surface area contributed by atoms with Gasteiger partial charge in [-0.2, -0.15) is 0 Å². The molecule has 0 aromatic heterocycles. The average molecular weight is 286 g/mol. The lowest BCUT2D eigenvalue weighted by Crippen LogP contribution is -2.42. The van der Waals surface area contributed by atoms with Gasteiger partial charge in [0.05, 0.1) is 6.10 Å². The molecule has 0 aliphatic heterocycles. The number of aliphatic hydroxyl groups excluding tert-OH is 1. The van der Waals surface area contributed by atoms with Crippen molar-refractivity contribution in [3.05, 3.63) is 71.8 Å². The van der Waals surface area contributed by atoms with Crippen molar-refractivity contribution in [2.75, 3.05) is 13.7 Å². The molecule has 0 amide bonds. The molecule has 0 fully saturated rings. The molecule has 0 saturated heterocycles. The van der Waals surface area contributed by atoms with Crippen LogP contribution in [-0.4, -0.2) is 30.0 Å². The maximum absolute atomic E-state index is 11.4. The van der Waals surface area contributed by atoms with Crippen molar-refractivity contribution in [2.24, 2.45) is 0 Å². The number of hydrogen-bond donors (Lipinski definition) is 2. The van der Waals surface area contributed by atoms with Gasteiger partial charge in [-0.25, -0.2) is 0 Å². The van der Waals surface area contributed by atoms with E-state index in [0.717, 1.165) is 11.1 Å². The standard InChI is InChI=1S/C18H22O3/c1-21-17(13-8-14-19)18(20,15-9-4-2-5-10-15)16-11-6-3-7-12-16/h2-7,9-12,17,19-20H,8,13-14H2,1H3. The normalized spacial score (nSPS) is 13.1. The summed E-state index contributed by atoms with van der Waals surface area (Å²) in [5.41, 5.74) is 0.355. The van der Waals surface area contributed by atoms with E-state index in [1.165, 1.54) is 0 Å². The summed E-state index contributed by atoms with van der Waals surface area (Å²) in [6, 6.07) is 19.1. The van der Waals surface area contributed by atoms with E-state index in [1.54, 1.807) is 7.11 Å². The van der Waals surface area contributed by atoms with Crippen LogP contribution < -0.4 is 0 Å². The highest BCUT2D eigenvalue weighted by atomic mass is 16.5. The third-order valence-corrected chi connectivity index (χ3v) is 3.80. The lowest BCUT2D eigenvalue weighted by atomic mass is 9.80. The highest BCUT2D eigenvalue weighted by Gasteiger charge is 2.40. The molecule has 2 N–H and O–H groups in total. The van der Waals surface area contributed by atoms with E-state index in [2.05, 4.69) is 0 Å². The maximum Gasteiger partial charge on any atom is 0.141 e. The molecule has 112 valence electrons. The molecule has 0 aliphatic carbocycles. The number of benzene rings is 2. The van der Waals surface area contributed by atoms with Crippen molar-refractivity contribution in [2.45, 2.75) is 24.5 Å². The summed E-state index contributed by atoms with van der Waals surface area (Å²) in [6.07, 6.45) is 0.739. The third kappa shape index (κ3) is 3.32. The van der Waals surface area contributed by atoms with Crippen LogP contribution in [0.5, 0.6) is 0 Å². The summed E-state index contributed by atoms with van der Waals surface area (Å²) >= 11 is 0. The molecule has 3 heteroatoms. The third-order valence-electron chi connectivity index (χ3n) is 3.80. The fraction of sp³-hybridized carbons (Fsp3) is 0.333.